The molecule has 1 N–H and O–H groups in total. The van der Waals surface area contributed by atoms with Gasteiger partial charge in [0.05, 0.1) is 13.0 Å². The first-order chi connectivity index (χ1) is 8.19. The van der Waals surface area contributed by atoms with Gasteiger partial charge in [0.1, 0.15) is 6.04 Å². The van der Waals surface area contributed by atoms with Gasteiger partial charge in [0.2, 0.25) is 5.91 Å². The van der Waals surface area contributed by atoms with Crippen LogP contribution >= 0.6 is 11.8 Å². The van der Waals surface area contributed by atoms with Gasteiger partial charge in [0, 0.05) is 32.4 Å². The Morgan fingerprint density at radius 2 is 2.24 bits per heavy atom. The molecule has 1 saturated heterocycles. The minimum absolute atomic E-state index is 0.0718. The van der Waals surface area contributed by atoms with Crippen molar-refractivity contribution in [2.24, 2.45) is 0 Å². The molecule has 7 heteroatoms. The molecule has 17 heavy (non-hydrogen) atoms. The zero-order valence-corrected chi connectivity index (χ0v) is 10.9. The Morgan fingerprint density at radius 3 is 2.76 bits per heavy atom. The molecule has 0 bridgehead atoms. The summed E-state index contributed by atoms with van der Waals surface area (Å²) in [4.78, 5) is 25.0. The van der Waals surface area contributed by atoms with Crippen molar-refractivity contribution in [2.75, 3.05) is 39.0 Å². The number of nitrogens with one attached hydrogen (secondary N) is 1. The van der Waals surface area contributed by atoms with Gasteiger partial charge in [0.25, 0.3) is 0 Å². The van der Waals surface area contributed by atoms with Crippen LogP contribution in [-0.4, -0.2) is 61.9 Å². The number of thioether (sulfide) groups is 1. The fourth-order valence-electron chi connectivity index (χ4n) is 1.50. The molecule has 0 radical (unpaired) electrons. The zero-order valence-electron chi connectivity index (χ0n) is 10.1. The second kappa shape index (κ2) is 7.39. The Morgan fingerprint density at radius 1 is 1.47 bits per heavy atom. The Hall–Kier alpha value is -0.950. The van der Waals surface area contributed by atoms with Crippen molar-refractivity contribution in [3.05, 3.63) is 0 Å². The molecule has 1 rings (SSSR count). The van der Waals surface area contributed by atoms with Crippen LogP contribution in [0, 0.1) is 0 Å². The van der Waals surface area contributed by atoms with E-state index in [-0.39, 0.29) is 5.91 Å². The molecule has 2 amide bonds. The fourth-order valence-corrected chi connectivity index (χ4v) is 2.46. The first-order valence-corrected chi connectivity index (χ1v) is 6.54. The van der Waals surface area contributed by atoms with Crippen LogP contribution in [0.2, 0.25) is 0 Å². The van der Waals surface area contributed by atoms with Crippen LogP contribution in [0.5, 0.6) is 0 Å². The average Bonchev–Trinajstić information content (AvgIpc) is 2.86. The summed E-state index contributed by atoms with van der Waals surface area (Å²) < 4.78 is 9.44. The normalized spacial score (nSPS) is 16.7. The van der Waals surface area contributed by atoms with E-state index in [1.165, 1.54) is 7.11 Å². The van der Waals surface area contributed by atoms with Crippen molar-refractivity contribution in [3.8, 4) is 0 Å². The number of hydrogen-bond acceptors (Lipinski definition) is 5. The van der Waals surface area contributed by atoms with Gasteiger partial charge in [0.15, 0.2) is 0 Å². The van der Waals surface area contributed by atoms with Gasteiger partial charge < -0.3 is 19.7 Å². The summed E-state index contributed by atoms with van der Waals surface area (Å²) in [6, 6.07) is -0.568. The maximum atomic E-state index is 12.1. The molecule has 0 saturated carbocycles. The maximum absolute atomic E-state index is 12.1. The number of carbonyl (C=O) groups is 2. The lowest BCUT2D eigenvalue weighted by atomic mass is 10.2. The number of methoxy groups -OCH3 is 2. The molecule has 1 atom stereocenters. The molecule has 0 spiro atoms. The predicted molar refractivity (Wildman–Crippen MR) is 64.9 cm³/mol. The van der Waals surface area contributed by atoms with Gasteiger partial charge in [-0.2, -0.15) is 0 Å². The minimum atomic E-state index is -0.591. The molecular weight excluding hydrogens is 244 g/mol. The van der Waals surface area contributed by atoms with Gasteiger partial charge in [-0.1, -0.05) is 0 Å². The predicted octanol–water partition coefficient (Wildman–Crippen LogP) is 0.280. The van der Waals surface area contributed by atoms with Gasteiger partial charge in [-0.05, 0) is 0 Å². The quantitative estimate of drug-likeness (QED) is 0.771. The van der Waals surface area contributed by atoms with E-state index in [4.69, 9.17) is 4.74 Å². The third-order valence-electron chi connectivity index (χ3n) is 2.45. The molecule has 6 nitrogen and oxygen atoms in total. The summed E-state index contributed by atoms with van der Waals surface area (Å²) >= 11 is 1.71. The summed E-state index contributed by atoms with van der Waals surface area (Å²) in [5.41, 5.74) is 0. The highest BCUT2D eigenvalue weighted by Crippen LogP contribution is 2.15. The Bertz CT molecular complexity index is 269. The van der Waals surface area contributed by atoms with E-state index < -0.39 is 12.1 Å². The smallest absolute Gasteiger partial charge is 0.407 e. The van der Waals surface area contributed by atoms with Crippen LogP contribution in [0.4, 0.5) is 4.79 Å². The fraction of sp³-hybridized carbons (Fsp3) is 0.800. The van der Waals surface area contributed by atoms with E-state index in [9.17, 15) is 9.59 Å². The number of alkyl carbamates (subject to hydrolysis) is 1. The number of amides is 2. The average molecular weight is 262 g/mol. The van der Waals surface area contributed by atoms with Gasteiger partial charge in [-0.15, -0.1) is 11.8 Å². The standard InChI is InChI=1S/C10H18N2O4S/c1-15-5-3-8(11-10(14)16-2)9(13)12-4-6-17-7-12/h8H,3-7H2,1-2H3,(H,11,14). The highest BCUT2D eigenvalue weighted by Gasteiger charge is 2.27. The summed E-state index contributed by atoms with van der Waals surface area (Å²) in [5, 5.41) is 2.54. The zero-order chi connectivity index (χ0) is 12.7. The van der Waals surface area contributed by atoms with Crippen LogP contribution in [0.15, 0.2) is 0 Å². The second-order valence-electron chi connectivity index (χ2n) is 3.61. The van der Waals surface area contributed by atoms with Crippen LogP contribution < -0.4 is 5.32 Å². The molecule has 98 valence electrons. The molecular formula is C10H18N2O4S. The molecule has 0 aromatic rings. The summed E-state index contributed by atoms with van der Waals surface area (Å²) in [7, 11) is 2.84. The van der Waals surface area contributed by atoms with Crippen molar-refractivity contribution in [1.29, 1.82) is 0 Å². The maximum Gasteiger partial charge on any atom is 0.407 e. The number of nitrogens with zero attached hydrogens (tertiary/aromatic N) is 1. The Kier molecular flexibility index (Phi) is 6.13. The first-order valence-electron chi connectivity index (χ1n) is 5.39. The first kappa shape index (κ1) is 14.1. The molecule has 1 fully saturated rings. The molecule has 1 heterocycles. The topological polar surface area (TPSA) is 67.9 Å². The third kappa shape index (κ3) is 4.43. The van der Waals surface area contributed by atoms with Crippen LogP contribution in [0.25, 0.3) is 0 Å². The van der Waals surface area contributed by atoms with Crippen molar-refractivity contribution in [1.82, 2.24) is 10.2 Å². The van der Waals surface area contributed by atoms with E-state index >= 15 is 0 Å². The molecule has 1 aliphatic heterocycles. The van der Waals surface area contributed by atoms with Crippen molar-refractivity contribution in [2.45, 2.75) is 12.5 Å². The van der Waals surface area contributed by atoms with Crippen molar-refractivity contribution in [3.63, 3.8) is 0 Å². The summed E-state index contributed by atoms with van der Waals surface area (Å²) in [6.07, 6.45) is -0.141. The SMILES string of the molecule is COCCC(NC(=O)OC)C(=O)N1CCSC1. The summed E-state index contributed by atoms with van der Waals surface area (Å²) in [5.74, 6) is 1.56. The lowest BCUT2D eigenvalue weighted by molar-refractivity contribution is -0.132. The van der Waals surface area contributed by atoms with E-state index in [1.807, 2.05) is 0 Å². The van der Waals surface area contributed by atoms with Crippen molar-refractivity contribution < 1.29 is 19.1 Å². The van der Waals surface area contributed by atoms with E-state index in [1.54, 1.807) is 23.8 Å². The highest BCUT2D eigenvalue weighted by atomic mass is 32.2. The Balaban J connectivity index is 2.53. The van der Waals surface area contributed by atoms with E-state index in [0.29, 0.717) is 18.9 Å². The van der Waals surface area contributed by atoms with Crippen LogP contribution in [0.3, 0.4) is 0 Å². The highest BCUT2D eigenvalue weighted by molar-refractivity contribution is 7.99. The number of ether oxygens (including phenoxy) is 2. The molecule has 0 aromatic heterocycles. The second-order valence-corrected chi connectivity index (χ2v) is 4.68. The van der Waals surface area contributed by atoms with Gasteiger partial charge in [-0.3, -0.25) is 4.79 Å². The van der Waals surface area contributed by atoms with E-state index in [2.05, 4.69) is 10.1 Å². The van der Waals surface area contributed by atoms with Crippen LogP contribution in [-0.2, 0) is 14.3 Å². The van der Waals surface area contributed by atoms with E-state index in [0.717, 1.165) is 12.3 Å². The molecule has 1 unspecified atom stereocenters. The molecule has 0 aliphatic carbocycles. The lowest BCUT2D eigenvalue weighted by Gasteiger charge is -2.22. The van der Waals surface area contributed by atoms with Crippen molar-refractivity contribution >= 4 is 23.8 Å². The van der Waals surface area contributed by atoms with Gasteiger partial charge in [-0.25, -0.2) is 4.79 Å². The molecule has 1 aliphatic rings. The lowest BCUT2D eigenvalue weighted by Crippen LogP contribution is -2.48. The number of carbonyl (C=O) groups excluding carboxylic acids is 2. The van der Waals surface area contributed by atoms with Crippen LogP contribution in [0.1, 0.15) is 6.42 Å². The van der Waals surface area contributed by atoms with Gasteiger partial charge >= 0.3 is 6.09 Å². The Labute approximate surface area is 105 Å². The number of hydrogen-bond donors (Lipinski definition) is 1. The largest absolute Gasteiger partial charge is 0.453 e. The monoisotopic (exact) mass is 262 g/mol. The third-order valence-corrected chi connectivity index (χ3v) is 3.42. The number of rotatable bonds is 5. The minimum Gasteiger partial charge on any atom is -0.453 e. The summed E-state index contributed by atoms with van der Waals surface area (Å²) in [6.45, 7) is 1.15. The molecule has 0 aromatic carbocycles.